The van der Waals surface area contributed by atoms with Gasteiger partial charge in [-0.05, 0) is 90.3 Å². The normalized spacial score (nSPS) is 11.3. The van der Waals surface area contributed by atoms with Crippen molar-refractivity contribution < 1.29 is 26.4 Å². The van der Waals surface area contributed by atoms with E-state index in [-0.39, 0.29) is 32.3 Å². The highest BCUT2D eigenvalue weighted by molar-refractivity contribution is 7.93. The van der Waals surface area contributed by atoms with Crippen molar-refractivity contribution in [3.63, 3.8) is 0 Å². The van der Waals surface area contributed by atoms with E-state index in [1.807, 2.05) is 24.3 Å². The summed E-state index contributed by atoms with van der Waals surface area (Å²) in [4.78, 5) is 26.5. The summed E-state index contributed by atoms with van der Waals surface area (Å²) in [6.45, 7) is 0. The number of carbonyl (C=O) groups excluding carboxylic acids is 2. The maximum atomic E-state index is 13.2. The second-order valence-corrected chi connectivity index (χ2v) is 14.8. The third-order valence-corrected chi connectivity index (χ3v) is 10.5. The summed E-state index contributed by atoms with van der Waals surface area (Å²) in [5.74, 6) is -0.939. The third-order valence-electron chi connectivity index (χ3n) is 7.77. The van der Waals surface area contributed by atoms with Crippen LogP contribution < -0.4 is 20.1 Å². The van der Waals surface area contributed by atoms with Crippen LogP contribution in [0.5, 0.6) is 0 Å². The van der Waals surface area contributed by atoms with Crippen LogP contribution in [-0.2, 0) is 26.5 Å². The molecular formula is C39H32N4O6S2. The Kier molecular flexibility index (Phi) is 10.3. The number of rotatable bonds is 12. The van der Waals surface area contributed by atoms with Gasteiger partial charge in [0.15, 0.2) is 0 Å². The molecular weight excluding hydrogens is 685 g/mol. The first-order valence-electron chi connectivity index (χ1n) is 15.7. The molecule has 12 heteroatoms. The van der Waals surface area contributed by atoms with Crippen molar-refractivity contribution >= 4 is 54.6 Å². The number of amides is 2. The maximum absolute atomic E-state index is 13.2. The molecule has 0 aliphatic carbocycles. The quantitative estimate of drug-likeness (QED) is 0.104. The molecule has 4 N–H and O–H groups in total. The smallest absolute Gasteiger partial charge is 0.261 e. The minimum Gasteiger partial charge on any atom is -0.322 e. The number of nitrogens with one attached hydrogen (secondary N) is 4. The van der Waals surface area contributed by atoms with Gasteiger partial charge in [0.25, 0.3) is 31.9 Å². The van der Waals surface area contributed by atoms with E-state index in [1.165, 1.54) is 36.4 Å². The molecule has 51 heavy (non-hydrogen) atoms. The fraction of sp³-hybridized carbons (Fsp3) is 0.0256. The number of hydrogen-bond donors (Lipinski definition) is 4. The summed E-state index contributed by atoms with van der Waals surface area (Å²) in [7, 11) is -7.78. The monoisotopic (exact) mass is 716 g/mol. The second-order valence-electron chi connectivity index (χ2n) is 11.4. The first kappa shape index (κ1) is 34.6. The largest absolute Gasteiger partial charge is 0.322 e. The average Bonchev–Trinajstić information content (AvgIpc) is 3.14. The summed E-state index contributed by atoms with van der Waals surface area (Å²) in [6, 6.07) is 43.2. The molecule has 6 aromatic rings. The molecule has 256 valence electrons. The minimum absolute atomic E-state index is 0.0863. The molecule has 0 aliphatic heterocycles. The molecule has 0 aliphatic rings. The van der Waals surface area contributed by atoms with Crippen LogP contribution in [0.15, 0.2) is 168 Å². The van der Waals surface area contributed by atoms with Crippen LogP contribution in [-0.4, -0.2) is 28.6 Å². The van der Waals surface area contributed by atoms with Gasteiger partial charge in [-0.15, -0.1) is 0 Å². The van der Waals surface area contributed by atoms with Crippen molar-refractivity contribution in [3.8, 4) is 0 Å². The van der Waals surface area contributed by atoms with Gasteiger partial charge >= 0.3 is 0 Å². The Balaban J connectivity index is 1.06. The van der Waals surface area contributed by atoms with Gasteiger partial charge in [0.1, 0.15) is 0 Å². The SMILES string of the molecule is O=C(Nc1ccc(Cc2ccc(NC(=O)c3ccccc3NS(=O)(=O)c3ccccc3)cc2)cc1)c1ccccc1NS(=O)(=O)c1ccccc1. The highest BCUT2D eigenvalue weighted by atomic mass is 32.2. The van der Waals surface area contributed by atoms with Gasteiger partial charge in [-0.25, -0.2) is 16.8 Å². The first-order valence-corrected chi connectivity index (χ1v) is 18.7. The molecule has 2 amide bonds. The standard InChI is InChI=1S/C39H32N4O6S2/c44-38(34-15-7-9-17-36(34)42-50(46,47)32-11-3-1-4-12-32)40-30-23-19-28(20-24-30)27-29-21-25-31(26-22-29)41-39(45)35-16-8-10-18-37(35)43-51(48,49)33-13-5-2-6-14-33/h1-26,42-43H,27H2,(H,40,44)(H,41,45). The predicted octanol–water partition coefficient (Wildman–Crippen LogP) is 7.38. The van der Waals surface area contributed by atoms with Crippen LogP contribution >= 0.6 is 0 Å². The van der Waals surface area contributed by atoms with Crippen LogP contribution in [0, 0.1) is 0 Å². The molecule has 0 saturated carbocycles. The van der Waals surface area contributed by atoms with Crippen molar-refractivity contribution in [3.05, 3.63) is 180 Å². The van der Waals surface area contributed by atoms with Gasteiger partial charge in [-0.2, -0.15) is 0 Å². The fourth-order valence-corrected chi connectivity index (χ4v) is 7.39. The number of carbonyl (C=O) groups is 2. The van der Waals surface area contributed by atoms with Crippen molar-refractivity contribution in [2.24, 2.45) is 0 Å². The van der Waals surface area contributed by atoms with E-state index in [2.05, 4.69) is 20.1 Å². The molecule has 0 unspecified atom stereocenters. The van der Waals surface area contributed by atoms with E-state index in [0.717, 1.165) is 11.1 Å². The summed E-state index contributed by atoms with van der Waals surface area (Å²) in [5.41, 5.74) is 3.68. The lowest BCUT2D eigenvalue weighted by molar-refractivity contribution is 0.101. The molecule has 6 rings (SSSR count). The van der Waals surface area contributed by atoms with Crippen LogP contribution in [0.1, 0.15) is 31.8 Å². The lowest BCUT2D eigenvalue weighted by atomic mass is 10.0. The molecule has 0 aromatic heterocycles. The molecule has 0 heterocycles. The average molecular weight is 717 g/mol. The zero-order valence-electron chi connectivity index (χ0n) is 27.0. The van der Waals surface area contributed by atoms with E-state index in [9.17, 15) is 26.4 Å². The molecule has 0 bridgehead atoms. The summed E-state index contributed by atoms with van der Waals surface area (Å²) in [5, 5.41) is 5.65. The molecule has 0 atom stereocenters. The Morgan fingerprint density at radius 1 is 0.412 bits per heavy atom. The Hall–Kier alpha value is -6.24. The molecule has 0 fully saturated rings. The minimum atomic E-state index is -3.89. The summed E-state index contributed by atoms with van der Waals surface area (Å²) >= 11 is 0. The molecule has 0 saturated heterocycles. The van der Waals surface area contributed by atoms with Crippen LogP contribution in [0.25, 0.3) is 0 Å². The van der Waals surface area contributed by atoms with Gasteiger partial charge in [0.2, 0.25) is 0 Å². The topological polar surface area (TPSA) is 151 Å². The second kappa shape index (κ2) is 15.1. The Morgan fingerprint density at radius 2 is 0.745 bits per heavy atom. The van der Waals surface area contributed by atoms with Gasteiger partial charge in [0.05, 0.1) is 32.3 Å². The number of hydrogen-bond acceptors (Lipinski definition) is 6. The van der Waals surface area contributed by atoms with Crippen LogP contribution in [0.4, 0.5) is 22.7 Å². The van der Waals surface area contributed by atoms with Crippen molar-refractivity contribution in [2.75, 3.05) is 20.1 Å². The van der Waals surface area contributed by atoms with E-state index in [1.54, 1.807) is 97.1 Å². The van der Waals surface area contributed by atoms with E-state index >= 15 is 0 Å². The fourth-order valence-electron chi connectivity index (χ4n) is 5.19. The predicted molar refractivity (Wildman–Crippen MR) is 199 cm³/mol. The maximum Gasteiger partial charge on any atom is 0.261 e. The zero-order valence-corrected chi connectivity index (χ0v) is 28.6. The Morgan fingerprint density at radius 3 is 1.12 bits per heavy atom. The molecule has 10 nitrogen and oxygen atoms in total. The van der Waals surface area contributed by atoms with E-state index in [0.29, 0.717) is 17.8 Å². The van der Waals surface area contributed by atoms with Gasteiger partial charge < -0.3 is 10.6 Å². The number of benzene rings is 6. The van der Waals surface area contributed by atoms with Crippen LogP contribution in [0.3, 0.4) is 0 Å². The van der Waals surface area contributed by atoms with Crippen molar-refractivity contribution in [2.45, 2.75) is 16.2 Å². The lowest BCUT2D eigenvalue weighted by Crippen LogP contribution is -2.18. The zero-order chi connectivity index (χ0) is 35.8. The van der Waals surface area contributed by atoms with Crippen LogP contribution in [0.2, 0.25) is 0 Å². The summed E-state index contributed by atoms with van der Waals surface area (Å²) < 4.78 is 56.5. The summed E-state index contributed by atoms with van der Waals surface area (Å²) in [6.07, 6.45) is 0.580. The lowest BCUT2D eigenvalue weighted by Gasteiger charge is -2.13. The Labute approximate surface area is 296 Å². The van der Waals surface area contributed by atoms with Gasteiger partial charge in [-0.3, -0.25) is 19.0 Å². The molecule has 0 spiro atoms. The van der Waals surface area contributed by atoms with Crippen molar-refractivity contribution in [1.29, 1.82) is 0 Å². The first-order chi connectivity index (χ1) is 24.6. The van der Waals surface area contributed by atoms with Gasteiger partial charge in [-0.1, -0.05) is 84.9 Å². The third kappa shape index (κ3) is 8.68. The molecule has 0 radical (unpaired) electrons. The van der Waals surface area contributed by atoms with E-state index in [4.69, 9.17) is 0 Å². The highest BCUT2D eigenvalue weighted by Crippen LogP contribution is 2.24. The van der Waals surface area contributed by atoms with Crippen molar-refractivity contribution in [1.82, 2.24) is 0 Å². The number of sulfonamides is 2. The number of para-hydroxylation sites is 2. The Bertz CT molecular complexity index is 2220. The van der Waals surface area contributed by atoms with E-state index < -0.39 is 31.9 Å². The van der Waals surface area contributed by atoms with Gasteiger partial charge in [0, 0.05) is 11.4 Å². The highest BCUT2D eigenvalue weighted by Gasteiger charge is 2.20. The number of anilines is 4. The molecule has 6 aromatic carbocycles.